The van der Waals surface area contributed by atoms with Gasteiger partial charge in [-0.2, -0.15) is 0 Å². The topological polar surface area (TPSA) is 68.8 Å². The van der Waals surface area contributed by atoms with Gasteiger partial charge < -0.3 is 20.9 Å². The summed E-state index contributed by atoms with van der Waals surface area (Å²) in [6.45, 7) is 5.06. The van der Waals surface area contributed by atoms with Gasteiger partial charge in [-0.25, -0.2) is 0 Å². The molecule has 1 unspecified atom stereocenters. The summed E-state index contributed by atoms with van der Waals surface area (Å²) in [6, 6.07) is 15.9. The van der Waals surface area contributed by atoms with Crippen LogP contribution in [0.15, 0.2) is 53.5 Å². The fourth-order valence-corrected chi connectivity index (χ4v) is 3.58. The first-order chi connectivity index (χ1) is 14.1. The highest BCUT2D eigenvalue weighted by Crippen LogP contribution is 2.23. The third kappa shape index (κ3) is 6.77. The summed E-state index contributed by atoms with van der Waals surface area (Å²) >= 11 is 6.12. The number of halogens is 2. The molecule has 30 heavy (non-hydrogen) atoms. The van der Waals surface area contributed by atoms with Crippen molar-refractivity contribution in [1.82, 2.24) is 16.0 Å². The highest BCUT2D eigenvalue weighted by atomic mass is 127. The average Bonchev–Trinajstić information content (AvgIpc) is 3.20. The van der Waals surface area contributed by atoms with Gasteiger partial charge in [-0.1, -0.05) is 29.8 Å². The van der Waals surface area contributed by atoms with E-state index in [1.54, 1.807) is 7.05 Å². The molecule has 0 radical (unpaired) electrons. The summed E-state index contributed by atoms with van der Waals surface area (Å²) < 4.78 is 0. The van der Waals surface area contributed by atoms with Gasteiger partial charge in [0.2, 0.25) is 0 Å². The van der Waals surface area contributed by atoms with E-state index in [4.69, 9.17) is 11.6 Å². The number of hydrogen-bond acceptors (Lipinski definition) is 3. The van der Waals surface area contributed by atoms with Crippen LogP contribution < -0.4 is 20.9 Å². The highest BCUT2D eigenvalue weighted by Gasteiger charge is 2.23. The maximum absolute atomic E-state index is 11.8. The zero-order valence-electron chi connectivity index (χ0n) is 17.3. The van der Waals surface area contributed by atoms with Gasteiger partial charge >= 0.3 is 0 Å². The largest absolute Gasteiger partial charge is 0.369 e. The molecule has 1 saturated heterocycles. The molecular formula is C22H29ClIN5O. The van der Waals surface area contributed by atoms with Gasteiger partial charge in [0.15, 0.2) is 5.96 Å². The van der Waals surface area contributed by atoms with Crippen molar-refractivity contribution in [2.75, 3.05) is 31.6 Å². The molecule has 1 aliphatic rings. The van der Waals surface area contributed by atoms with Crippen molar-refractivity contribution in [1.29, 1.82) is 0 Å². The zero-order chi connectivity index (χ0) is 20.6. The van der Waals surface area contributed by atoms with Gasteiger partial charge in [-0.15, -0.1) is 24.0 Å². The smallest absolute Gasteiger partial charge is 0.251 e. The second-order valence-electron chi connectivity index (χ2n) is 7.04. The number of aliphatic imine (C=N–C) groups is 1. The van der Waals surface area contributed by atoms with Crippen LogP contribution in [0, 0.1) is 0 Å². The quantitative estimate of drug-likeness (QED) is 0.297. The lowest BCUT2D eigenvalue weighted by Gasteiger charge is -2.20. The fraction of sp³-hybridized carbons (Fsp3) is 0.364. The maximum Gasteiger partial charge on any atom is 0.251 e. The Labute approximate surface area is 200 Å². The van der Waals surface area contributed by atoms with Gasteiger partial charge in [0, 0.05) is 55.5 Å². The number of guanidine groups is 1. The minimum absolute atomic E-state index is 0. The van der Waals surface area contributed by atoms with E-state index in [9.17, 15) is 4.79 Å². The number of carbonyl (C=O) groups is 1. The van der Waals surface area contributed by atoms with Crippen LogP contribution in [0.1, 0.15) is 29.3 Å². The van der Waals surface area contributed by atoms with Gasteiger partial charge in [0.05, 0.1) is 0 Å². The van der Waals surface area contributed by atoms with Gasteiger partial charge in [-0.3, -0.25) is 9.79 Å². The van der Waals surface area contributed by atoms with Crippen LogP contribution in [0.5, 0.6) is 0 Å². The number of benzene rings is 2. The van der Waals surface area contributed by atoms with Crippen LogP contribution in [0.25, 0.3) is 0 Å². The number of hydrogen-bond donors (Lipinski definition) is 3. The molecule has 6 nitrogen and oxygen atoms in total. The molecule has 1 aliphatic heterocycles. The van der Waals surface area contributed by atoms with E-state index >= 15 is 0 Å². The minimum Gasteiger partial charge on any atom is -0.369 e. The van der Waals surface area contributed by atoms with Crippen molar-refractivity contribution in [2.45, 2.75) is 25.9 Å². The Morgan fingerprint density at radius 2 is 1.97 bits per heavy atom. The van der Waals surface area contributed by atoms with Crippen molar-refractivity contribution < 1.29 is 4.79 Å². The molecule has 8 heteroatoms. The predicted octanol–water partition coefficient (Wildman–Crippen LogP) is 3.65. The summed E-state index contributed by atoms with van der Waals surface area (Å²) in [5, 5.41) is 10.4. The highest BCUT2D eigenvalue weighted by molar-refractivity contribution is 14.0. The van der Waals surface area contributed by atoms with Crippen LogP contribution >= 0.6 is 35.6 Å². The Morgan fingerprint density at radius 1 is 1.20 bits per heavy atom. The summed E-state index contributed by atoms with van der Waals surface area (Å²) in [5.41, 5.74) is 2.91. The van der Waals surface area contributed by atoms with Crippen LogP contribution in [0.4, 0.5) is 5.69 Å². The first-order valence-corrected chi connectivity index (χ1v) is 10.3. The van der Waals surface area contributed by atoms with Crippen molar-refractivity contribution in [3.05, 3.63) is 64.7 Å². The second-order valence-corrected chi connectivity index (χ2v) is 7.47. The van der Waals surface area contributed by atoms with Crippen LogP contribution in [0.2, 0.25) is 5.02 Å². The number of nitrogens with one attached hydrogen (secondary N) is 3. The lowest BCUT2D eigenvalue weighted by Crippen LogP contribution is -2.44. The summed E-state index contributed by atoms with van der Waals surface area (Å²) in [7, 11) is 1.78. The third-order valence-electron chi connectivity index (χ3n) is 4.94. The van der Waals surface area contributed by atoms with Gasteiger partial charge in [0.1, 0.15) is 0 Å². The molecule has 3 rings (SSSR count). The Morgan fingerprint density at radius 3 is 2.63 bits per heavy atom. The number of carbonyl (C=O) groups excluding carboxylic acids is 1. The molecule has 2 aromatic rings. The van der Waals surface area contributed by atoms with Gasteiger partial charge in [0.25, 0.3) is 5.91 Å². The Kier molecular flexibility index (Phi) is 9.71. The van der Waals surface area contributed by atoms with Crippen molar-refractivity contribution in [3.63, 3.8) is 0 Å². The van der Waals surface area contributed by atoms with E-state index in [-0.39, 0.29) is 29.9 Å². The van der Waals surface area contributed by atoms with Crippen LogP contribution in [-0.4, -0.2) is 44.6 Å². The number of nitrogens with zero attached hydrogens (tertiary/aromatic N) is 2. The molecular weight excluding hydrogens is 513 g/mol. The van der Waals surface area contributed by atoms with Crippen molar-refractivity contribution in [2.24, 2.45) is 4.99 Å². The zero-order valence-corrected chi connectivity index (χ0v) is 20.4. The molecule has 1 atom stereocenters. The first-order valence-electron chi connectivity index (χ1n) is 9.94. The molecule has 1 fully saturated rings. The van der Waals surface area contributed by atoms with E-state index in [2.05, 4.69) is 31.9 Å². The Bertz CT molecular complexity index is 859. The third-order valence-corrected chi connectivity index (χ3v) is 5.17. The molecule has 0 spiro atoms. The Hall–Kier alpha value is -2.00. The standard InChI is InChI=1S/C22H28ClN5O.HI/c1-3-25-21(29)17-9-7-16(8-10-17)14-26-22(24-2)27-19-11-12-28(15-19)20-6-4-5-18(23)13-20;/h4-10,13,19H,3,11-12,14-15H2,1-2H3,(H,25,29)(H2,24,26,27);1H. The molecule has 0 saturated carbocycles. The van der Waals surface area contributed by atoms with Crippen molar-refractivity contribution >= 4 is 53.1 Å². The Balaban J connectivity index is 0.00000320. The van der Waals surface area contributed by atoms with E-state index in [0.717, 1.165) is 41.7 Å². The van der Waals surface area contributed by atoms with Crippen LogP contribution in [-0.2, 0) is 6.54 Å². The molecule has 162 valence electrons. The lowest BCUT2D eigenvalue weighted by molar-refractivity contribution is 0.0956. The summed E-state index contributed by atoms with van der Waals surface area (Å²) in [5.74, 6) is 0.728. The lowest BCUT2D eigenvalue weighted by atomic mass is 10.1. The first kappa shape index (κ1) is 24.3. The van der Waals surface area contributed by atoms with E-state index < -0.39 is 0 Å². The molecule has 3 N–H and O–H groups in total. The van der Waals surface area contributed by atoms with E-state index in [0.29, 0.717) is 24.7 Å². The molecule has 0 aliphatic carbocycles. The predicted molar refractivity (Wildman–Crippen MR) is 135 cm³/mol. The molecule has 2 aromatic carbocycles. The molecule has 1 amide bonds. The molecule has 1 heterocycles. The minimum atomic E-state index is -0.0463. The van der Waals surface area contributed by atoms with Gasteiger partial charge in [-0.05, 0) is 49.2 Å². The van der Waals surface area contributed by atoms with Crippen molar-refractivity contribution in [3.8, 4) is 0 Å². The summed E-state index contributed by atoms with van der Waals surface area (Å²) in [4.78, 5) is 18.5. The SMILES string of the molecule is CCNC(=O)c1ccc(CNC(=NC)NC2CCN(c3cccc(Cl)c3)C2)cc1.I. The maximum atomic E-state index is 11.8. The number of rotatable bonds is 6. The van der Waals surface area contributed by atoms with E-state index in [1.807, 2.05) is 49.4 Å². The molecule has 0 bridgehead atoms. The second kappa shape index (κ2) is 12.0. The van der Waals surface area contributed by atoms with Crippen LogP contribution in [0.3, 0.4) is 0 Å². The number of amides is 1. The van der Waals surface area contributed by atoms with E-state index in [1.165, 1.54) is 0 Å². The molecule has 0 aromatic heterocycles. The summed E-state index contributed by atoms with van der Waals surface area (Å²) in [6.07, 6.45) is 1.04. The average molecular weight is 542 g/mol. The fourth-order valence-electron chi connectivity index (χ4n) is 3.40. The monoisotopic (exact) mass is 541 g/mol. The number of anilines is 1. The normalized spacial score (nSPS) is 16.0.